The Labute approximate surface area is 127 Å². The highest BCUT2D eigenvalue weighted by Crippen LogP contribution is 2.20. The molecule has 2 N–H and O–H groups in total. The second-order valence-corrected chi connectivity index (χ2v) is 5.64. The molecule has 0 aliphatic heterocycles. The lowest BCUT2D eigenvalue weighted by Gasteiger charge is -2.14. The van der Waals surface area contributed by atoms with Gasteiger partial charge in [-0.3, -0.25) is 4.79 Å². The third-order valence-electron chi connectivity index (χ3n) is 2.34. The number of methoxy groups -OCH3 is 1. The molecule has 0 saturated heterocycles. The first kappa shape index (κ1) is 16.1. The lowest BCUT2D eigenvalue weighted by molar-refractivity contribution is -0.139. The summed E-state index contributed by atoms with van der Waals surface area (Å²) in [7, 11) is 1.48. The number of carboxylic acid groups (broad SMARTS) is 1. The number of carboxylic acids is 1. The van der Waals surface area contributed by atoms with Crippen molar-refractivity contribution in [3.63, 3.8) is 0 Å². The van der Waals surface area contributed by atoms with Crippen LogP contribution in [-0.4, -0.2) is 36.7 Å². The van der Waals surface area contributed by atoms with Gasteiger partial charge in [-0.25, -0.2) is 4.79 Å². The highest BCUT2D eigenvalue weighted by Gasteiger charge is 2.20. The zero-order valence-electron chi connectivity index (χ0n) is 10.2. The maximum absolute atomic E-state index is 12.0. The number of carbonyl (C=O) groups is 2. The molecule has 104 valence electrons. The van der Waals surface area contributed by atoms with Crippen molar-refractivity contribution in [1.29, 1.82) is 0 Å². The highest BCUT2D eigenvalue weighted by molar-refractivity contribution is 9.11. The Morgan fingerprint density at radius 3 is 2.37 bits per heavy atom. The maximum atomic E-state index is 12.0. The Morgan fingerprint density at radius 2 is 1.89 bits per heavy atom. The van der Waals surface area contributed by atoms with E-state index in [1.54, 1.807) is 18.2 Å². The van der Waals surface area contributed by atoms with Crippen LogP contribution in [0.25, 0.3) is 0 Å². The largest absolute Gasteiger partial charge is 0.480 e. The average Bonchev–Trinajstić information content (AvgIpc) is 2.32. The molecule has 0 spiro atoms. The smallest absolute Gasteiger partial charge is 0.326 e. The number of amides is 1. The van der Waals surface area contributed by atoms with E-state index in [0.29, 0.717) is 5.56 Å². The molecule has 1 amide bonds. The van der Waals surface area contributed by atoms with E-state index in [1.165, 1.54) is 7.11 Å². The Morgan fingerprint density at radius 1 is 1.32 bits per heavy atom. The Hall–Kier alpha value is -0.920. The standard InChI is InChI=1S/C12H13Br2NO4/c1-19-3-2-10(12(17)18)15-11(16)7-4-8(13)6-9(14)5-7/h4-6,10H,2-3H2,1H3,(H,15,16)(H,17,18). The second-order valence-electron chi connectivity index (χ2n) is 3.80. The summed E-state index contributed by atoms with van der Waals surface area (Å²) in [6.45, 7) is 0.263. The summed E-state index contributed by atoms with van der Waals surface area (Å²) in [5.74, 6) is -1.52. The normalized spacial score (nSPS) is 11.9. The molecule has 0 bridgehead atoms. The summed E-state index contributed by atoms with van der Waals surface area (Å²) in [5, 5.41) is 11.5. The fraction of sp³-hybridized carbons (Fsp3) is 0.333. The number of halogens is 2. The minimum atomic E-state index is -1.08. The van der Waals surface area contributed by atoms with Gasteiger partial charge in [-0.1, -0.05) is 31.9 Å². The molecule has 0 aromatic heterocycles. The summed E-state index contributed by atoms with van der Waals surface area (Å²) in [4.78, 5) is 23.0. The minimum absolute atomic E-state index is 0.215. The molecule has 1 atom stereocenters. The predicted molar refractivity (Wildman–Crippen MR) is 77.2 cm³/mol. The van der Waals surface area contributed by atoms with Gasteiger partial charge in [-0.2, -0.15) is 0 Å². The molecule has 1 rings (SSSR count). The zero-order chi connectivity index (χ0) is 14.4. The van der Waals surface area contributed by atoms with Crippen LogP contribution in [0.2, 0.25) is 0 Å². The van der Waals surface area contributed by atoms with Crippen molar-refractivity contribution in [3.05, 3.63) is 32.7 Å². The van der Waals surface area contributed by atoms with E-state index in [2.05, 4.69) is 37.2 Å². The first-order chi connectivity index (χ1) is 8.93. The van der Waals surface area contributed by atoms with E-state index in [4.69, 9.17) is 9.84 Å². The van der Waals surface area contributed by atoms with Gasteiger partial charge in [0, 0.05) is 34.6 Å². The molecule has 1 unspecified atom stereocenters. The number of hydrogen-bond acceptors (Lipinski definition) is 3. The third kappa shape index (κ3) is 5.30. The Kier molecular flexibility index (Phi) is 6.47. The second kappa shape index (κ2) is 7.62. The summed E-state index contributed by atoms with van der Waals surface area (Å²) < 4.78 is 6.28. The first-order valence-corrected chi connectivity index (χ1v) is 7.01. The van der Waals surface area contributed by atoms with Crippen LogP contribution in [0.3, 0.4) is 0 Å². The van der Waals surface area contributed by atoms with Crippen molar-refractivity contribution < 1.29 is 19.4 Å². The van der Waals surface area contributed by atoms with Gasteiger partial charge >= 0.3 is 5.97 Å². The molecular formula is C12H13Br2NO4. The molecular weight excluding hydrogens is 382 g/mol. The van der Waals surface area contributed by atoms with E-state index in [9.17, 15) is 9.59 Å². The summed E-state index contributed by atoms with van der Waals surface area (Å²) in [6, 6.07) is 4.06. The molecule has 0 fully saturated rings. The fourth-order valence-electron chi connectivity index (χ4n) is 1.42. The Bertz CT molecular complexity index is 459. The molecule has 1 aromatic carbocycles. The molecule has 7 heteroatoms. The topological polar surface area (TPSA) is 75.6 Å². The number of ether oxygens (including phenoxy) is 1. The molecule has 5 nitrogen and oxygen atoms in total. The molecule has 1 aromatic rings. The predicted octanol–water partition coefficient (Wildman–Crippen LogP) is 2.43. The molecule has 0 saturated carbocycles. The van der Waals surface area contributed by atoms with E-state index in [-0.39, 0.29) is 13.0 Å². The average molecular weight is 395 g/mol. The Balaban J connectivity index is 2.78. The van der Waals surface area contributed by atoms with Gasteiger partial charge < -0.3 is 15.2 Å². The molecule has 0 aliphatic carbocycles. The summed E-state index contributed by atoms with van der Waals surface area (Å²) in [6.07, 6.45) is 0.215. The minimum Gasteiger partial charge on any atom is -0.480 e. The maximum Gasteiger partial charge on any atom is 0.326 e. The van der Waals surface area contributed by atoms with Gasteiger partial charge in [0.1, 0.15) is 6.04 Å². The van der Waals surface area contributed by atoms with Crippen molar-refractivity contribution in [1.82, 2.24) is 5.32 Å². The summed E-state index contributed by atoms with van der Waals surface area (Å²) in [5.41, 5.74) is 0.380. The molecule has 19 heavy (non-hydrogen) atoms. The zero-order valence-corrected chi connectivity index (χ0v) is 13.3. The van der Waals surface area contributed by atoms with Crippen LogP contribution in [0.4, 0.5) is 0 Å². The summed E-state index contributed by atoms with van der Waals surface area (Å²) >= 11 is 6.54. The van der Waals surface area contributed by atoms with E-state index >= 15 is 0 Å². The number of rotatable bonds is 6. The number of benzene rings is 1. The number of hydrogen-bond donors (Lipinski definition) is 2. The van der Waals surface area contributed by atoms with Crippen LogP contribution in [0.5, 0.6) is 0 Å². The van der Waals surface area contributed by atoms with E-state index in [1.807, 2.05) is 0 Å². The SMILES string of the molecule is COCCC(NC(=O)c1cc(Br)cc(Br)c1)C(=O)O. The van der Waals surface area contributed by atoms with E-state index < -0.39 is 17.9 Å². The monoisotopic (exact) mass is 393 g/mol. The third-order valence-corrected chi connectivity index (χ3v) is 3.25. The van der Waals surface area contributed by atoms with Gasteiger partial charge in [0.05, 0.1) is 0 Å². The van der Waals surface area contributed by atoms with Crippen molar-refractivity contribution in [2.24, 2.45) is 0 Å². The molecule has 0 radical (unpaired) electrons. The van der Waals surface area contributed by atoms with Gasteiger partial charge in [0.2, 0.25) is 0 Å². The number of aliphatic carboxylic acids is 1. The first-order valence-electron chi connectivity index (χ1n) is 5.42. The van der Waals surface area contributed by atoms with Gasteiger partial charge in [-0.05, 0) is 18.2 Å². The molecule has 0 aliphatic rings. The van der Waals surface area contributed by atoms with E-state index in [0.717, 1.165) is 8.95 Å². The highest BCUT2D eigenvalue weighted by atomic mass is 79.9. The van der Waals surface area contributed by atoms with Crippen LogP contribution >= 0.6 is 31.9 Å². The number of carbonyl (C=O) groups excluding carboxylic acids is 1. The van der Waals surface area contributed by atoms with Crippen LogP contribution < -0.4 is 5.32 Å². The van der Waals surface area contributed by atoms with Crippen molar-refractivity contribution in [3.8, 4) is 0 Å². The van der Waals surface area contributed by atoms with Crippen LogP contribution in [0.15, 0.2) is 27.1 Å². The quantitative estimate of drug-likeness (QED) is 0.776. The van der Waals surface area contributed by atoms with Gasteiger partial charge in [0.15, 0.2) is 0 Å². The van der Waals surface area contributed by atoms with Crippen molar-refractivity contribution in [2.75, 3.05) is 13.7 Å². The lowest BCUT2D eigenvalue weighted by atomic mass is 10.1. The van der Waals surface area contributed by atoms with Gasteiger partial charge in [-0.15, -0.1) is 0 Å². The van der Waals surface area contributed by atoms with Gasteiger partial charge in [0.25, 0.3) is 5.91 Å². The fourth-order valence-corrected chi connectivity index (χ4v) is 2.71. The van der Waals surface area contributed by atoms with Crippen LogP contribution in [0, 0.1) is 0 Å². The van der Waals surface area contributed by atoms with Crippen molar-refractivity contribution in [2.45, 2.75) is 12.5 Å². The van der Waals surface area contributed by atoms with Crippen molar-refractivity contribution >= 4 is 43.7 Å². The number of nitrogens with one attached hydrogen (secondary N) is 1. The lowest BCUT2D eigenvalue weighted by Crippen LogP contribution is -2.41. The van der Waals surface area contributed by atoms with Crippen LogP contribution in [0.1, 0.15) is 16.8 Å². The van der Waals surface area contributed by atoms with Crippen LogP contribution in [-0.2, 0) is 9.53 Å². The molecule has 0 heterocycles.